The molecule has 4 rings (SSSR count). The molecular formula is C26H24N2O2S. The van der Waals surface area contributed by atoms with E-state index in [0.717, 1.165) is 17.5 Å². The summed E-state index contributed by atoms with van der Waals surface area (Å²) in [6.45, 7) is 2.04. The Morgan fingerprint density at radius 1 is 0.935 bits per heavy atom. The molecule has 5 heteroatoms. The SMILES string of the molecule is CCC(NC(=O)c1c(S(C)=O)c(-c2ccccc2)nc2ccccc12)c1ccccc1. The Balaban J connectivity index is 1.90. The summed E-state index contributed by atoms with van der Waals surface area (Å²) in [4.78, 5) is 18.9. The Bertz CT molecular complexity index is 1240. The molecule has 1 N–H and O–H groups in total. The summed E-state index contributed by atoms with van der Waals surface area (Å²) >= 11 is 0. The van der Waals surface area contributed by atoms with Crippen LogP contribution >= 0.6 is 0 Å². The lowest BCUT2D eigenvalue weighted by atomic mass is 10.0. The summed E-state index contributed by atoms with van der Waals surface area (Å²) in [5, 5.41) is 3.87. The fraction of sp³-hybridized carbons (Fsp3) is 0.154. The van der Waals surface area contributed by atoms with Gasteiger partial charge >= 0.3 is 0 Å². The van der Waals surface area contributed by atoms with Crippen molar-refractivity contribution in [2.75, 3.05) is 6.26 Å². The number of nitrogens with zero attached hydrogens (tertiary/aromatic N) is 1. The molecule has 0 bridgehead atoms. The summed E-state index contributed by atoms with van der Waals surface area (Å²) in [5.74, 6) is -0.239. The highest BCUT2D eigenvalue weighted by Gasteiger charge is 2.25. The van der Waals surface area contributed by atoms with E-state index in [4.69, 9.17) is 4.98 Å². The van der Waals surface area contributed by atoms with Crippen LogP contribution in [-0.4, -0.2) is 21.4 Å². The van der Waals surface area contributed by atoms with Gasteiger partial charge in [0.25, 0.3) is 5.91 Å². The summed E-state index contributed by atoms with van der Waals surface area (Å²) in [6.07, 6.45) is 2.35. The van der Waals surface area contributed by atoms with Gasteiger partial charge in [-0.3, -0.25) is 9.00 Å². The minimum absolute atomic E-state index is 0.140. The van der Waals surface area contributed by atoms with Crippen LogP contribution in [-0.2, 0) is 10.8 Å². The van der Waals surface area contributed by atoms with Crippen LogP contribution in [0.1, 0.15) is 35.3 Å². The number of carbonyl (C=O) groups excluding carboxylic acids is 1. The van der Waals surface area contributed by atoms with Crippen molar-refractivity contribution in [3.63, 3.8) is 0 Å². The van der Waals surface area contributed by atoms with Crippen LogP contribution in [0.15, 0.2) is 89.8 Å². The number of aromatic nitrogens is 1. The van der Waals surface area contributed by atoms with Gasteiger partial charge in [-0.15, -0.1) is 0 Å². The van der Waals surface area contributed by atoms with Gasteiger partial charge in [-0.05, 0) is 18.1 Å². The summed E-state index contributed by atoms with van der Waals surface area (Å²) in [6, 6.07) is 26.9. The molecule has 0 aliphatic rings. The minimum atomic E-state index is -1.41. The van der Waals surface area contributed by atoms with Gasteiger partial charge in [0, 0.05) is 17.2 Å². The van der Waals surface area contributed by atoms with Crippen molar-refractivity contribution in [1.29, 1.82) is 0 Å². The Hall–Kier alpha value is -3.31. The van der Waals surface area contributed by atoms with E-state index in [9.17, 15) is 9.00 Å². The van der Waals surface area contributed by atoms with E-state index in [0.29, 0.717) is 27.1 Å². The molecule has 0 aliphatic heterocycles. The minimum Gasteiger partial charge on any atom is -0.345 e. The number of pyridine rings is 1. The molecule has 4 aromatic rings. The van der Waals surface area contributed by atoms with Crippen LogP contribution < -0.4 is 5.32 Å². The average Bonchev–Trinajstić information content (AvgIpc) is 2.82. The summed E-state index contributed by atoms with van der Waals surface area (Å²) < 4.78 is 12.9. The number of nitrogens with one attached hydrogen (secondary N) is 1. The van der Waals surface area contributed by atoms with Gasteiger partial charge in [0.05, 0.1) is 38.5 Å². The van der Waals surface area contributed by atoms with Crippen LogP contribution in [0.25, 0.3) is 22.2 Å². The van der Waals surface area contributed by atoms with E-state index in [-0.39, 0.29) is 11.9 Å². The molecule has 4 nitrogen and oxygen atoms in total. The van der Waals surface area contributed by atoms with E-state index in [1.54, 1.807) is 6.26 Å². The third kappa shape index (κ3) is 4.28. The number of fused-ring (bicyclic) bond motifs is 1. The Labute approximate surface area is 184 Å². The van der Waals surface area contributed by atoms with Crippen molar-refractivity contribution >= 4 is 27.6 Å². The van der Waals surface area contributed by atoms with Crippen molar-refractivity contribution < 1.29 is 9.00 Å². The molecule has 0 aliphatic carbocycles. The fourth-order valence-electron chi connectivity index (χ4n) is 3.83. The Morgan fingerprint density at radius 2 is 1.55 bits per heavy atom. The molecule has 3 aromatic carbocycles. The highest BCUT2D eigenvalue weighted by molar-refractivity contribution is 7.84. The smallest absolute Gasteiger partial charge is 0.253 e. The molecule has 0 fully saturated rings. The van der Waals surface area contributed by atoms with E-state index in [1.807, 2.05) is 91.9 Å². The Kier molecular flexibility index (Phi) is 6.23. The zero-order chi connectivity index (χ0) is 21.8. The number of benzene rings is 3. The monoisotopic (exact) mass is 428 g/mol. The maximum atomic E-state index is 13.6. The van der Waals surface area contributed by atoms with Crippen molar-refractivity contribution in [3.05, 3.63) is 96.1 Å². The molecule has 0 saturated carbocycles. The van der Waals surface area contributed by atoms with Gasteiger partial charge in [-0.25, -0.2) is 4.98 Å². The number of amides is 1. The van der Waals surface area contributed by atoms with Gasteiger partial charge in [-0.1, -0.05) is 85.8 Å². The van der Waals surface area contributed by atoms with Gasteiger partial charge in [0.2, 0.25) is 0 Å². The summed E-state index contributed by atoms with van der Waals surface area (Å²) in [7, 11) is -1.41. The average molecular weight is 429 g/mol. The molecule has 1 aromatic heterocycles. The standard InChI is InChI=1S/C26H24N2O2S/c1-3-21(18-12-6-4-7-13-18)28-26(29)23-20-16-10-11-17-22(20)27-24(25(23)31(2)30)19-14-8-5-9-15-19/h4-17,21H,3H2,1-2H3,(H,28,29). The van der Waals surface area contributed by atoms with Crippen LogP contribution in [0.5, 0.6) is 0 Å². The van der Waals surface area contributed by atoms with Crippen LogP contribution in [0, 0.1) is 0 Å². The number of hydrogen-bond acceptors (Lipinski definition) is 3. The zero-order valence-corrected chi connectivity index (χ0v) is 18.4. The molecule has 0 spiro atoms. The van der Waals surface area contributed by atoms with Gasteiger partial charge < -0.3 is 5.32 Å². The molecule has 0 radical (unpaired) electrons. The second-order valence-corrected chi connectivity index (χ2v) is 8.66. The number of hydrogen-bond donors (Lipinski definition) is 1. The second-order valence-electron chi connectivity index (χ2n) is 7.35. The fourth-order valence-corrected chi connectivity index (χ4v) is 4.75. The zero-order valence-electron chi connectivity index (χ0n) is 17.5. The lowest BCUT2D eigenvalue weighted by Gasteiger charge is -2.20. The molecule has 2 atom stereocenters. The number of para-hydroxylation sites is 1. The quantitative estimate of drug-likeness (QED) is 0.440. The molecule has 1 amide bonds. The van der Waals surface area contributed by atoms with Crippen molar-refractivity contribution in [2.45, 2.75) is 24.3 Å². The topological polar surface area (TPSA) is 59.1 Å². The largest absolute Gasteiger partial charge is 0.345 e. The highest BCUT2D eigenvalue weighted by Crippen LogP contribution is 2.33. The van der Waals surface area contributed by atoms with E-state index < -0.39 is 10.8 Å². The van der Waals surface area contributed by atoms with Crippen molar-refractivity contribution in [2.24, 2.45) is 0 Å². The maximum Gasteiger partial charge on any atom is 0.253 e. The summed E-state index contributed by atoms with van der Waals surface area (Å²) in [5.41, 5.74) is 3.59. The van der Waals surface area contributed by atoms with Crippen molar-refractivity contribution in [3.8, 4) is 11.3 Å². The predicted molar refractivity (Wildman–Crippen MR) is 126 cm³/mol. The first-order valence-corrected chi connectivity index (χ1v) is 11.8. The highest BCUT2D eigenvalue weighted by atomic mass is 32.2. The number of carbonyl (C=O) groups is 1. The first-order valence-electron chi connectivity index (χ1n) is 10.3. The van der Waals surface area contributed by atoms with Crippen LogP contribution in [0.4, 0.5) is 0 Å². The van der Waals surface area contributed by atoms with Gasteiger partial charge in [-0.2, -0.15) is 0 Å². The van der Waals surface area contributed by atoms with Crippen molar-refractivity contribution in [1.82, 2.24) is 10.3 Å². The molecule has 0 saturated heterocycles. The second kappa shape index (κ2) is 9.23. The lowest BCUT2D eigenvalue weighted by molar-refractivity contribution is 0.0934. The van der Waals surface area contributed by atoms with Crippen LogP contribution in [0.3, 0.4) is 0 Å². The first-order chi connectivity index (χ1) is 15.1. The lowest BCUT2D eigenvalue weighted by Crippen LogP contribution is -2.29. The molecule has 2 unspecified atom stereocenters. The normalized spacial score (nSPS) is 13.0. The number of rotatable bonds is 6. The predicted octanol–water partition coefficient (Wildman–Crippen LogP) is 5.52. The third-order valence-corrected chi connectivity index (χ3v) is 6.30. The maximum absolute atomic E-state index is 13.6. The van der Waals surface area contributed by atoms with E-state index in [1.165, 1.54) is 0 Å². The van der Waals surface area contributed by atoms with Crippen LogP contribution in [0.2, 0.25) is 0 Å². The molecule has 1 heterocycles. The van der Waals surface area contributed by atoms with E-state index in [2.05, 4.69) is 5.32 Å². The molecular weight excluding hydrogens is 404 g/mol. The molecule has 31 heavy (non-hydrogen) atoms. The molecule has 156 valence electrons. The van der Waals surface area contributed by atoms with Gasteiger partial charge in [0.1, 0.15) is 0 Å². The first kappa shape index (κ1) is 20.9. The van der Waals surface area contributed by atoms with Gasteiger partial charge in [0.15, 0.2) is 0 Å². The van der Waals surface area contributed by atoms with E-state index >= 15 is 0 Å². The Morgan fingerprint density at radius 3 is 2.19 bits per heavy atom. The third-order valence-electron chi connectivity index (χ3n) is 5.33.